The van der Waals surface area contributed by atoms with Gasteiger partial charge >= 0.3 is 18.5 Å². The molecule has 2 fully saturated rings. The van der Waals surface area contributed by atoms with Gasteiger partial charge in [-0.25, -0.2) is 0 Å². The van der Waals surface area contributed by atoms with Gasteiger partial charge in [-0.2, -0.15) is 12.2 Å². The highest BCUT2D eigenvalue weighted by Crippen LogP contribution is 2.39. The molecule has 2 heterocycles. The second-order valence-corrected chi connectivity index (χ2v) is 2.87. The maximum atomic E-state index is 10.8. The van der Waals surface area contributed by atoms with Crippen molar-refractivity contribution in [2.75, 3.05) is 0 Å². The zero-order valence-electron chi connectivity index (χ0n) is 6.20. The quantitative estimate of drug-likeness (QED) is 0.278. The molecule has 0 aromatic carbocycles. The van der Waals surface area contributed by atoms with E-state index < -0.39 is 18.5 Å². The number of hydrogen-bond acceptors (Lipinski definition) is 4. The van der Waals surface area contributed by atoms with E-state index in [9.17, 15) is 9.59 Å². The van der Waals surface area contributed by atoms with Crippen molar-refractivity contribution in [3.63, 3.8) is 0 Å². The molecule has 0 bridgehead atoms. The fourth-order valence-corrected chi connectivity index (χ4v) is 1.53. The minimum absolute atomic E-state index is 0.121. The van der Waals surface area contributed by atoms with Crippen molar-refractivity contribution in [2.24, 2.45) is 0 Å². The molecule has 0 aromatic heterocycles. The summed E-state index contributed by atoms with van der Waals surface area (Å²) in [6, 6.07) is 0. The maximum Gasteiger partial charge on any atom is 0.633 e. The molecule has 2 saturated heterocycles. The minimum atomic E-state index is -2.13. The first-order chi connectivity index (χ1) is 5.66. The van der Waals surface area contributed by atoms with E-state index in [0.717, 1.165) is 0 Å². The van der Waals surface area contributed by atoms with E-state index >= 15 is 0 Å². The van der Waals surface area contributed by atoms with Gasteiger partial charge in [0.1, 0.15) is 12.8 Å². The van der Waals surface area contributed by atoms with Crippen LogP contribution in [0.3, 0.4) is 0 Å². The maximum absolute atomic E-state index is 10.8. The average Bonchev–Trinajstić information content (AvgIpc) is 2.40. The molecule has 0 atom stereocenters. The lowest BCUT2D eigenvalue weighted by molar-refractivity contribution is -0.138. The van der Waals surface area contributed by atoms with Crippen LogP contribution in [0.15, 0.2) is 0 Å². The lowest BCUT2D eigenvalue weighted by Gasteiger charge is -2.17. The summed E-state index contributed by atoms with van der Waals surface area (Å²) in [5.74, 6) is 2.03. The molecular weight excluding hydrogens is 159 g/mol. The standard InChI is InChI=1S/C7H5BO4/c1-2-8-5(3-6(9)11-8)4-7(10)12-8/h1H,3-4H2. The van der Waals surface area contributed by atoms with Gasteiger partial charge in [-0.15, -0.1) is 0 Å². The molecule has 0 amide bonds. The highest BCUT2D eigenvalue weighted by atomic mass is 16.7. The van der Waals surface area contributed by atoms with Crippen molar-refractivity contribution in [1.82, 2.24) is 0 Å². The Labute approximate surface area is 69.2 Å². The van der Waals surface area contributed by atoms with Crippen LogP contribution in [0.5, 0.6) is 0 Å². The van der Waals surface area contributed by atoms with Crippen LogP contribution in [0.4, 0.5) is 0 Å². The molecule has 2 aliphatic heterocycles. The van der Waals surface area contributed by atoms with E-state index in [0.29, 0.717) is 5.82 Å². The first-order valence-corrected chi connectivity index (χ1v) is 3.57. The van der Waals surface area contributed by atoms with Crippen molar-refractivity contribution in [3.05, 3.63) is 5.82 Å². The Bertz CT molecular complexity index is 283. The van der Waals surface area contributed by atoms with Gasteiger partial charge < -0.3 is 9.31 Å². The third-order valence-corrected chi connectivity index (χ3v) is 2.09. The van der Waals surface area contributed by atoms with Crippen molar-refractivity contribution >= 4 is 18.5 Å². The van der Waals surface area contributed by atoms with Crippen LogP contribution in [-0.4, -0.2) is 18.5 Å². The van der Waals surface area contributed by atoms with Crippen LogP contribution < -0.4 is 0 Å². The molecule has 60 valence electrons. The van der Waals surface area contributed by atoms with E-state index in [4.69, 9.17) is 15.7 Å². The fourth-order valence-electron chi connectivity index (χ4n) is 1.53. The molecule has 4 nitrogen and oxygen atoms in total. The third-order valence-electron chi connectivity index (χ3n) is 2.09. The molecule has 0 spiro atoms. The third kappa shape index (κ3) is 0.721. The van der Waals surface area contributed by atoms with E-state index in [2.05, 4.69) is 5.82 Å². The van der Waals surface area contributed by atoms with Gasteiger partial charge in [-0.3, -0.25) is 9.59 Å². The molecule has 0 aromatic rings. The second-order valence-electron chi connectivity index (χ2n) is 2.87. The number of fused-ring (bicyclic) bond motifs is 1. The van der Waals surface area contributed by atoms with Gasteiger partial charge in [-0.1, -0.05) is 0 Å². The number of terminal acetylenes is 1. The number of carbonyl (C=O) groups is 2. The van der Waals surface area contributed by atoms with Crippen molar-refractivity contribution in [3.8, 4) is 12.2 Å². The topological polar surface area (TPSA) is 52.6 Å². The molecule has 2 rings (SSSR count). The Hall–Kier alpha value is -1.57. The number of hydrogen-bond donors (Lipinski definition) is 0. The predicted molar refractivity (Wildman–Crippen MR) is 39.2 cm³/mol. The van der Waals surface area contributed by atoms with Crippen molar-refractivity contribution < 1.29 is 18.9 Å². The molecular formula is C7H5BO4. The Kier molecular flexibility index (Phi) is 1.17. The van der Waals surface area contributed by atoms with Crippen molar-refractivity contribution in [2.45, 2.75) is 12.8 Å². The molecule has 2 aliphatic rings. The Balaban J connectivity index is 2.34. The summed E-state index contributed by atoms with van der Waals surface area (Å²) in [5.41, 5.74) is 0. The SMILES string of the molecule is C#C[B-]12OC(=O)C[C+]1CC(=O)O2. The summed E-state index contributed by atoms with van der Waals surface area (Å²) < 4.78 is 9.60. The zero-order valence-corrected chi connectivity index (χ0v) is 6.20. The van der Waals surface area contributed by atoms with Gasteiger partial charge in [0.15, 0.2) is 0 Å². The molecule has 0 saturated carbocycles. The summed E-state index contributed by atoms with van der Waals surface area (Å²) in [5, 5.41) is 0. The number of carbonyl (C=O) groups excluding carboxylic acids is 2. The average molecular weight is 164 g/mol. The Morgan fingerprint density at radius 1 is 1.33 bits per heavy atom. The Morgan fingerprint density at radius 2 is 1.83 bits per heavy atom. The first-order valence-electron chi connectivity index (χ1n) is 3.57. The fraction of sp³-hybridized carbons (Fsp3) is 0.286. The first kappa shape index (κ1) is 7.10. The smallest absolute Gasteiger partial charge is 0.603 e. The highest BCUT2D eigenvalue weighted by Gasteiger charge is 2.64. The predicted octanol–water partition coefficient (Wildman–Crippen LogP) is -0.392. The van der Waals surface area contributed by atoms with Crippen LogP contribution in [0, 0.1) is 18.1 Å². The van der Waals surface area contributed by atoms with Crippen molar-refractivity contribution in [1.29, 1.82) is 0 Å². The van der Waals surface area contributed by atoms with Crippen LogP contribution in [0.2, 0.25) is 0 Å². The number of rotatable bonds is 0. The van der Waals surface area contributed by atoms with Gasteiger partial charge in [0.2, 0.25) is 0 Å². The molecule has 12 heavy (non-hydrogen) atoms. The lowest BCUT2D eigenvalue weighted by atomic mass is 9.50. The summed E-state index contributed by atoms with van der Waals surface area (Å²) >= 11 is 0. The zero-order chi connectivity index (χ0) is 8.77. The van der Waals surface area contributed by atoms with E-state index in [1.807, 2.05) is 0 Å². The highest BCUT2D eigenvalue weighted by molar-refractivity contribution is 6.86. The largest absolute Gasteiger partial charge is 0.633 e. The van der Waals surface area contributed by atoms with Gasteiger partial charge in [0.05, 0.1) is 0 Å². The second kappa shape index (κ2) is 1.98. The Morgan fingerprint density at radius 3 is 2.17 bits per heavy atom. The van der Waals surface area contributed by atoms with E-state index in [-0.39, 0.29) is 12.8 Å². The molecule has 0 radical (unpaired) electrons. The van der Waals surface area contributed by atoms with Crippen LogP contribution in [0.1, 0.15) is 12.8 Å². The summed E-state index contributed by atoms with van der Waals surface area (Å²) in [4.78, 5) is 21.6. The lowest BCUT2D eigenvalue weighted by Crippen LogP contribution is -2.38. The monoisotopic (exact) mass is 164 g/mol. The minimum Gasteiger partial charge on any atom is -0.603 e. The molecule has 0 unspecified atom stereocenters. The molecule has 0 aliphatic carbocycles. The van der Waals surface area contributed by atoms with E-state index in [1.165, 1.54) is 0 Å². The van der Waals surface area contributed by atoms with Crippen LogP contribution in [0.25, 0.3) is 0 Å². The summed E-state index contributed by atoms with van der Waals surface area (Å²) in [6.07, 6.45) is 5.38. The van der Waals surface area contributed by atoms with E-state index in [1.54, 1.807) is 0 Å². The van der Waals surface area contributed by atoms with Crippen LogP contribution >= 0.6 is 0 Å². The summed E-state index contributed by atoms with van der Waals surface area (Å²) in [7, 11) is 0. The normalized spacial score (nSPS) is 24.4. The summed E-state index contributed by atoms with van der Waals surface area (Å²) in [6.45, 7) is -2.13. The van der Waals surface area contributed by atoms with Gasteiger partial charge in [0, 0.05) is 5.82 Å². The van der Waals surface area contributed by atoms with Gasteiger partial charge in [0.25, 0.3) is 0 Å². The molecule has 5 heteroatoms. The van der Waals surface area contributed by atoms with Crippen LogP contribution in [-0.2, 0) is 18.9 Å². The molecule has 0 N–H and O–H groups in total. The van der Waals surface area contributed by atoms with Gasteiger partial charge in [-0.05, 0) is 0 Å².